The zero-order valence-corrected chi connectivity index (χ0v) is 10.7. The van der Waals surface area contributed by atoms with Crippen molar-refractivity contribution in [2.75, 3.05) is 6.54 Å². The second-order valence-corrected chi connectivity index (χ2v) is 5.86. The van der Waals surface area contributed by atoms with Crippen LogP contribution in [0.1, 0.15) is 43.4 Å². The fourth-order valence-corrected chi connectivity index (χ4v) is 3.19. The first-order valence-corrected chi connectivity index (χ1v) is 7.20. The highest BCUT2D eigenvalue weighted by atomic mass is 32.1. The zero-order valence-electron chi connectivity index (χ0n) is 9.87. The molecule has 0 radical (unpaired) electrons. The average Bonchev–Trinajstić information content (AvgIpc) is 2.72. The standard InChI is InChI=1S/C13H22N2S/c14-11-13(7-3-1-2-4-8-13)15-10-12-6-5-9-16-12/h5-6,9,15H,1-4,7-8,10-11,14H2. The van der Waals surface area contributed by atoms with Crippen LogP contribution in [-0.2, 0) is 6.54 Å². The summed E-state index contributed by atoms with van der Waals surface area (Å²) < 4.78 is 0. The lowest BCUT2D eigenvalue weighted by molar-refractivity contribution is 0.291. The molecule has 0 aromatic carbocycles. The Morgan fingerprint density at radius 3 is 2.56 bits per heavy atom. The van der Waals surface area contributed by atoms with Gasteiger partial charge in [-0.15, -0.1) is 11.3 Å². The highest BCUT2D eigenvalue weighted by Crippen LogP contribution is 2.26. The first-order chi connectivity index (χ1) is 7.85. The minimum absolute atomic E-state index is 0.209. The zero-order chi connectivity index (χ0) is 11.3. The summed E-state index contributed by atoms with van der Waals surface area (Å²) in [6.07, 6.45) is 7.90. The van der Waals surface area contributed by atoms with E-state index in [-0.39, 0.29) is 5.54 Å². The Bertz CT molecular complexity index is 287. The van der Waals surface area contributed by atoms with Crippen LogP contribution < -0.4 is 11.1 Å². The molecule has 3 heteroatoms. The van der Waals surface area contributed by atoms with Crippen LogP contribution in [-0.4, -0.2) is 12.1 Å². The van der Waals surface area contributed by atoms with Crippen LogP contribution in [0.25, 0.3) is 0 Å². The summed E-state index contributed by atoms with van der Waals surface area (Å²) in [5.74, 6) is 0. The summed E-state index contributed by atoms with van der Waals surface area (Å²) in [4.78, 5) is 1.41. The number of hydrogen-bond acceptors (Lipinski definition) is 3. The topological polar surface area (TPSA) is 38.0 Å². The molecule has 0 atom stereocenters. The van der Waals surface area contributed by atoms with E-state index in [0.717, 1.165) is 13.1 Å². The molecule has 0 saturated heterocycles. The van der Waals surface area contributed by atoms with Crippen molar-refractivity contribution in [2.24, 2.45) is 5.73 Å². The van der Waals surface area contributed by atoms with E-state index in [1.54, 1.807) is 0 Å². The van der Waals surface area contributed by atoms with Crippen molar-refractivity contribution in [1.29, 1.82) is 0 Å². The molecule has 0 spiro atoms. The Kier molecular flexibility index (Phi) is 4.38. The van der Waals surface area contributed by atoms with Gasteiger partial charge in [-0.05, 0) is 24.3 Å². The highest BCUT2D eigenvalue weighted by molar-refractivity contribution is 7.09. The van der Waals surface area contributed by atoms with Crippen LogP contribution in [0, 0.1) is 0 Å². The SMILES string of the molecule is NCC1(NCc2cccs2)CCCCCC1. The quantitative estimate of drug-likeness (QED) is 0.792. The maximum absolute atomic E-state index is 5.99. The fourth-order valence-electron chi connectivity index (χ4n) is 2.55. The summed E-state index contributed by atoms with van der Waals surface area (Å²) in [6.45, 7) is 1.76. The average molecular weight is 238 g/mol. The van der Waals surface area contributed by atoms with Crippen LogP contribution >= 0.6 is 11.3 Å². The third-order valence-corrected chi connectivity index (χ3v) is 4.55. The number of hydrogen-bond donors (Lipinski definition) is 2. The van der Waals surface area contributed by atoms with E-state index >= 15 is 0 Å². The summed E-state index contributed by atoms with van der Waals surface area (Å²) in [7, 11) is 0. The molecule has 1 aromatic rings. The first-order valence-electron chi connectivity index (χ1n) is 6.32. The Balaban J connectivity index is 1.92. The monoisotopic (exact) mass is 238 g/mol. The van der Waals surface area contributed by atoms with Crippen LogP contribution in [0.2, 0.25) is 0 Å². The number of thiophene rings is 1. The van der Waals surface area contributed by atoms with Crippen LogP contribution in [0.4, 0.5) is 0 Å². The van der Waals surface area contributed by atoms with Crippen molar-refractivity contribution in [3.63, 3.8) is 0 Å². The fraction of sp³-hybridized carbons (Fsp3) is 0.692. The number of nitrogens with one attached hydrogen (secondary N) is 1. The predicted octanol–water partition coefficient (Wildman–Crippen LogP) is 2.89. The van der Waals surface area contributed by atoms with Gasteiger partial charge in [-0.1, -0.05) is 31.7 Å². The summed E-state index contributed by atoms with van der Waals surface area (Å²) in [5, 5.41) is 5.85. The maximum atomic E-state index is 5.99. The summed E-state index contributed by atoms with van der Waals surface area (Å²) >= 11 is 1.82. The van der Waals surface area contributed by atoms with Crippen molar-refractivity contribution in [3.05, 3.63) is 22.4 Å². The van der Waals surface area contributed by atoms with Gasteiger partial charge in [0, 0.05) is 23.5 Å². The molecular formula is C13H22N2S. The van der Waals surface area contributed by atoms with Gasteiger partial charge < -0.3 is 11.1 Å². The van der Waals surface area contributed by atoms with Gasteiger partial charge in [0.25, 0.3) is 0 Å². The van der Waals surface area contributed by atoms with E-state index in [4.69, 9.17) is 5.73 Å². The minimum atomic E-state index is 0.209. The van der Waals surface area contributed by atoms with E-state index in [1.165, 1.54) is 43.4 Å². The smallest absolute Gasteiger partial charge is 0.0307 e. The third-order valence-electron chi connectivity index (χ3n) is 3.67. The molecule has 2 nitrogen and oxygen atoms in total. The lowest BCUT2D eigenvalue weighted by atomic mass is 9.90. The molecule has 1 saturated carbocycles. The normalized spacial score (nSPS) is 20.6. The molecule has 1 heterocycles. The molecule has 0 amide bonds. The molecule has 2 rings (SSSR count). The van der Waals surface area contributed by atoms with Gasteiger partial charge in [0.05, 0.1) is 0 Å². The van der Waals surface area contributed by atoms with Crippen LogP contribution in [0.15, 0.2) is 17.5 Å². The van der Waals surface area contributed by atoms with E-state index < -0.39 is 0 Å². The highest BCUT2D eigenvalue weighted by Gasteiger charge is 2.28. The molecular weight excluding hydrogens is 216 g/mol. The van der Waals surface area contributed by atoms with Crippen molar-refractivity contribution >= 4 is 11.3 Å². The van der Waals surface area contributed by atoms with Gasteiger partial charge in [0.1, 0.15) is 0 Å². The van der Waals surface area contributed by atoms with Gasteiger partial charge >= 0.3 is 0 Å². The Labute approximate surface area is 102 Å². The number of rotatable bonds is 4. The van der Waals surface area contributed by atoms with E-state index in [0.29, 0.717) is 0 Å². The molecule has 1 fully saturated rings. The molecule has 1 aliphatic carbocycles. The minimum Gasteiger partial charge on any atom is -0.329 e. The molecule has 0 aliphatic heterocycles. The Hall–Kier alpha value is -0.380. The molecule has 0 unspecified atom stereocenters. The van der Waals surface area contributed by atoms with Crippen LogP contribution in [0.3, 0.4) is 0 Å². The Morgan fingerprint density at radius 2 is 2.00 bits per heavy atom. The van der Waals surface area contributed by atoms with E-state index in [9.17, 15) is 0 Å². The van der Waals surface area contributed by atoms with E-state index in [2.05, 4.69) is 22.8 Å². The summed E-state index contributed by atoms with van der Waals surface area (Å²) in [6, 6.07) is 4.31. The predicted molar refractivity (Wildman–Crippen MR) is 70.6 cm³/mol. The van der Waals surface area contributed by atoms with Crippen molar-refractivity contribution in [1.82, 2.24) is 5.32 Å². The van der Waals surface area contributed by atoms with Gasteiger partial charge in [-0.2, -0.15) is 0 Å². The van der Waals surface area contributed by atoms with Gasteiger partial charge in [-0.3, -0.25) is 0 Å². The first kappa shape index (κ1) is 12.1. The molecule has 0 bridgehead atoms. The van der Waals surface area contributed by atoms with E-state index in [1.807, 2.05) is 11.3 Å². The maximum Gasteiger partial charge on any atom is 0.0307 e. The number of nitrogens with two attached hydrogens (primary N) is 1. The van der Waals surface area contributed by atoms with Crippen LogP contribution in [0.5, 0.6) is 0 Å². The largest absolute Gasteiger partial charge is 0.329 e. The molecule has 3 N–H and O–H groups in total. The third kappa shape index (κ3) is 3.06. The Morgan fingerprint density at radius 1 is 1.25 bits per heavy atom. The second kappa shape index (κ2) is 5.80. The van der Waals surface area contributed by atoms with Gasteiger partial charge in [0.15, 0.2) is 0 Å². The van der Waals surface area contributed by atoms with Crippen molar-refractivity contribution in [3.8, 4) is 0 Å². The lowest BCUT2D eigenvalue weighted by Gasteiger charge is -2.32. The van der Waals surface area contributed by atoms with Gasteiger partial charge in [0.2, 0.25) is 0 Å². The van der Waals surface area contributed by atoms with Crippen molar-refractivity contribution in [2.45, 2.75) is 50.6 Å². The second-order valence-electron chi connectivity index (χ2n) is 4.83. The summed E-state index contributed by atoms with van der Waals surface area (Å²) in [5.41, 5.74) is 6.20. The molecule has 90 valence electrons. The molecule has 1 aromatic heterocycles. The lowest BCUT2D eigenvalue weighted by Crippen LogP contribution is -2.50. The molecule has 1 aliphatic rings. The van der Waals surface area contributed by atoms with Gasteiger partial charge in [-0.25, -0.2) is 0 Å². The molecule has 16 heavy (non-hydrogen) atoms. The van der Waals surface area contributed by atoms with Crippen molar-refractivity contribution < 1.29 is 0 Å².